The van der Waals surface area contributed by atoms with Crippen molar-refractivity contribution >= 4 is 39.3 Å². The van der Waals surface area contributed by atoms with Crippen LogP contribution >= 0.6 is 23.1 Å². The van der Waals surface area contributed by atoms with E-state index in [9.17, 15) is 0 Å². The fourth-order valence-corrected chi connectivity index (χ4v) is 2.62. The third-order valence-corrected chi connectivity index (χ3v) is 3.32. The molecule has 2 heterocycles. The van der Waals surface area contributed by atoms with E-state index in [1.54, 1.807) is 23.1 Å². The van der Waals surface area contributed by atoms with E-state index < -0.39 is 0 Å². The zero-order chi connectivity index (χ0) is 9.26. The lowest BCUT2D eigenvalue weighted by Crippen LogP contribution is -2.10. The van der Waals surface area contributed by atoms with Gasteiger partial charge in [-0.3, -0.25) is 5.43 Å². The minimum absolute atomic E-state index is 0.468. The van der Waals surface area contributed by atoms with E-state index in [-0.39, 0.29) is 0 Å². The number of rotatable bonds is 2. The van der Waals surface area contributed by atoms with Gasteiger partial charge in [-0.15, -0.1) is 23.1 Å². The van der Waals surface area contributed by atoms with Crippen LogP contribution in [0, 0.1) is 0 Å². The van der Waals surface area contributed by atoms with Crippen LogP contribution in [0.2, 0.25) is 0 Å². The molecule has 6 heteroatoms. The van der Waals surface area contributed by atoms with Crippen LogP contribution in [0.3, 0.4) is 0 Å². The summed E-state index contributed by atoms with van der Waals surface area (Å²) in [5.74, 6) is 5.72. The molecule has 0 saturated heterocycles. The normalized spacial score (nSPS) is 10.6. The average molecular weight is 212 g/mol. The third kappa shape index (κ3) is 1.48. The number of nitrogens with two attached hydrogens (primary N) is 1. The maximum atomic E-state index is 5.25. The Morgan fingerprint density at radius 2 is 2.38 bits per heavy atom. The number of fused-ring (bicyclic) bond motifs is 1. The number of anilines is 1. The lowest BCUT2D eigenvalue weighted by molar-refractivity contribution is 1.08. The minimum atomic E-state index is 0.468. The number of nitrogens with one attached hydrogen (secondary N) is 1. The summed E-state index contributed by atoms with van der Waals surface area (Å²) in [5, 5.41) is 2.97. The van der Waals surface area contributed by atoms with Gasteiger partial charge in [-0.1, -0.05) is 0 Å². The van der Waals surface area contributed by atoms with Gasteiger partial charge in [0.1, 0.15) is 5.03 Å². The SMILES string of the molecule is CSc1nc(NN)nc2ccsc12. The van der Waals surface area contributed by atoms with Gasteiger partial charge in [0.2, 0.25) is 5.95 Å². The van der Waals surface area contributed by atoms with Crippen molar-refractivity contribution in [3.8, 4) is 0 Å². The van der Waals surface area contributed by atoms with Crippen molar-refractivity contribution in [2.75, 3.05) is 11.7 Å². The van der Waals surface area contributed by atoms with E-state index in [1.165, 1.54) is 0 Å². The predicted octanol–water partition coefficient (Wildman–Crippen LogP) is 1.70. The Morgan fingerprint density at radius 3 is 3.08 bits per heavy atom. The Hall–Kier alpha value is -0.850. The van der Waals surface area contributed by atoms with E-state index >= 15 is 0 Å². The van der Waals surface area contributed by atoms with Crippen molar-refractivity contribution in [2.45, 2.75) is 5.03 Å². The van der Waals surface area contributed by atoms with E-state index in [2.05, 4.69) is 15.4 Å². The highest BCUT2D eigenvalue weighted by molar-refractivity contribution is 7.98. The molecule has 0 atom stereocenters. The molecule has 68 valence electrons. The standard InChI is InChI=1S/C7H8N4S2/c1-12-6-5-4(2-3-13-5)9-7(10-6)11-8/h2-3H,8H2,1H3,(H,9,10,11). The van der Waals surface area contributed by atoms with Gasteiger partial charge in [-0.05, 0) is 17.7 Å². The molecule has 0 aromatic carbocycles. The van der Waals surface area contributed by atoms with Crippen LogP contribution in [0.5, 0.6) is 0 Å². The first kappa shape index (κ1) is 8.74. The third-order valence-electron chi connectivity index (χ3n) is 1.59. The first-order valence-corrected chi connectivity index (χ1v) is 5.71. The van der Waals surface area contributed by atoms with Gasteiger partial charge in [-0.25, -0.2) is 15.8 Å². The van der Waals surface area contributed by atoms with Gasteiger partial charge in [0.25, 0.3) is 0 Å². The Balaban J connectivity index is 2.70. The van der Waals surface area contributed by atoms with Crippen LogP contribution in [-0.2, 0) is 0 Å². The summed E-state index contributed by atoms with van der Waals surface area (Å²) < 4.78 is 1.12. The number of thiophene rings is 1. The average Bonchev–Trinajstić information content (AvgIpc) is 2.63. The summed E-state index contributed by atoms with van der Waals surface area (Å²) in [6.45, 7) is 0. The van der Waals surface area contributed by atoms with Crippen molar-refractivity contribution in [3.05, 3.63) is 11.4 Å². The van der Waals surface area contributed by atoms with Gasteiger partial charge in [0.15, 0.2) is 0 Å². The lowest BCUT2D eigenvalue weighted by Gasteiger charge is -2.01. The topological polar surface area (TPSA) is 63.8 Å². The zero-order valence-electron chi connectivity index (χ0n) is 6.94. The summed E-state index contributed by atoms with van der Waals surface area (Å²) >= 11 is 3.24. The van der Waals surface area contributed by atoms with Crippen molar-refractivity contribution in [2.24, 2.45) is 5.84 Å². The molecule has 4 nitrogen and oxygen atoms in total. The molecular formula is C7H8N4S2. The maximum Gasteiger partial charge on any atom is 0.238 e. The van der Waals surface area contributed by atoms with Crippen molar-refractivity contribution in [3.63, 3.8) is 0 Å². The highest BCUT2D eigenvalue weighted by Gasteiger charge is 2.06. The van der Waals surface area contributed by atoms with E-state index in [1.807, 2.05) is 17.7 Å². The van der Waals surface area contributed by atoms with Crippen LogP contribution in [0.4, 0.5) is 5.95 Å². The Bertz CT molecular complexity index is 425. The van der Waals surface area contributed by atoms with E-state index in [0.717, 1.165) is 15.2 Å². The summed E-state index contributed by atoms with van der Waals surface area (Å²) in [5.41, 5.74) is 3.39. The van der Waals surface area contributed by atoms with Crippen LogP contribution in [0.1, 0.15) is 0 Å². The van der Waals surface area contributed by atoms with Crippen molar-refractivity contribution in [1.82, 2.24) is 9.97 Å². The van der Waals surface area contributed by atoms with Gasteiger partial charge in [0.05, 0.1) is 10.2 Å². The highest BCUT2D eigenvalue weighted by Crippen LogP contribution is 2.28. The lowest BCUT2D eigenvalue weighted by atomic mass is 10.5. The molecule has 0 aliphatic rings. The molecule has 0 saturated carbocycles. The van der Waals surface area contributed by atoms with E-state index in [0.29, 0.717) is 5.95 Å². The maximum absolute atomic E-state index is 5.25. The molecule has 0 aliphatic heterocycles. The Morgan fingerprint density at radius 1 is 1.54 bits per heavy atom. The summed E-state index contributed by atoms with van der Waals surface area (Å²) in [6, 6.07) is 1.96. The molecule has 0 unspecified atom stereocenters. The molecule has 0 aliphatic carbocycles. The minimum Gasteiger partial charge on any atom is -0.292 e. The summed E-state index contributed by atoms with van der Waals surface area (Å²) in [4.78, 5) is 8.45. The van der Waals surface area contributed by atoms with Gasteiger partial charge in [-0.2, -0.15) is 0 Å². The van der Waals surface area contributed by atoms with Crippen LogP contribution < -0.4 is 11.3 Å². The van der Waals surface area contributed by atoms with Crippen LogP contribution in [0.25, 0.3) is 10.2 Å². The summed E-state index contributed by atoms with van der Waals surface area (Å²) in [6.07, 6.45) is 1.99. The smallest absolute Gasteiger partial charge is 0.238 e. The fraction of sp³-hybridized carbons (Fsp3) is 0.143. The Kier molecular flexibility index (Phi) is 2.34. The number of aromatic nitrogens is 2. The number of nitrogen functional groups attached to an aromatic ring is 1. The molecule has 13 heavy (non-hydrogen) atoms. The first-order chi connectivity index (χ1) is 6.35. The van der Waals surface area contributed by atoms with Crippen molar-refractivity contribution < 1.29 is 0 Å². The molecule has 2 aromatic heterocycles. The van der Waals surface area contributed by atoms with Crippen LogP contribution in [0.15, 0.2) is 16.5 Å². The highest BCUT2D eigenvalue weighted by atomic mass is 32.2. The molecule has 0 spiro atoms. The second-order valence-corrected chi connectivity index (χ2v) is 4.05. The molecule has 0 amide bonds. The van der Waals surface area contributed by atoms with Gasteiger partial charge >= 0.3 is 0 Å². The molecule has 3 N–H and O–H groups in total. The number of hydrogen-bond acceptors (Lipinski definition) is 6. The largest absolute Gasteiger partial charge is 0.292 e. The molecule has 0 fully saturated rings. The second kappa shape index (κ2) is 3.49. The number of nitrogens with zero attached hydrogens (tertiary/aromatic N) is 2. The first-order valence-electron chi connectivity index (χ1n) is 3.61. The number of thioether (sulfide) groups is 1. The Labute approximate surface area is 83.5 Å². The quantitative estimate of drug-likeness (QED) is 0.343. The molecule has 0 radical (unpaired) electrons. The summed E-state index contributed by atoms with van der Waals surface area (Å²) in [7, 11) is 0. The molecule has 0 bridgehead atoms. The second-order valence-electron chi connectivity index (χ2n) is 2.34. The van der Waals surface area contributed by atoms with Gasteiger partial charge in [0, 0.05) is 0 Å². The number of hydrazine groups is 1. The van der Waals surface area contributed by atoms with Crippen LogP contribution in [-0.4, -0.2) is 16.2 Å². The molecule has 2 aromatic rings. The molecule has 2 rings (SSSR count). The predicted molar refractivity (Wildman–Crippen MR) is 57.0 cm³/mol. The van der Waals surface area contributed by atoms with E-state index in [4.69, 9.17) is 5.84 Å². The van der Waals surface area contributed by atoms with Gasteiger partial charge < -0.3 is 0 Å². The molecular weight excluding hydrogens is 204 g/mol. The monoisotopic (exact) mass is 212 g/mol. The number of hydrogen-bond donors (Lipinski definition) is 2. The fourth-order valence-electron chi connectivity index (χ4n) is 1.04. The van der Waals surface area contributed by atoms with Crippen molar-refractivity contribution in [1.29, 1.82) is 0 Å². The zero-order valence-corrected chi connectivity index (χ0v) is 8.58.